The molecule has 2 rings (SSSR count). The summed E-state index contributed by atoms with van der Waals surface area (Å²) in [5.74, 6) is 0.558. The monoisotopic (exact) mass is 332 g/mol. The summed E-state index contributed by atoms with van der Waals surface area (Å²) < 4.78 is 0.406. The van der Waals surface area contributed by atoms with Crippen LogP contribution in [0, 0.1) is 0 Å². The summed E-state index contributed by atoms with van der Waals surface area (Å²) in [6.07, 6.45) is 1.93. The Morgan fingerprint density at radius 3 is 2.76 bits per heavy atom. The third kappa shape index (κ3) is 3.09. The zero-order chi connectivity index (χ0) is 12.4. The molecule has 0 bridgehead atoms. The van der Waals surface area contributed by atoms with E-state index in [0.29, 0.717) is 26.8 Å². The topological polar surface area (TPSA) is 45.8 Å². The van der Waals surface area contributed by atoms with Crippen LogP contribution in [0.3, 0.4) is 0 Å². The summed E-state index contributed by atoms with van der Waals surface area (Å²) in [5, 5.41) is 1.14. The number of aromatic amines is 1. The van der Waals surface area contributed by atoms with Gasteiger partial charge in [0.05, 0.1) is 0 Å². The van der Waals surface area contributed by atoms with E-state index in [1.54, 1.807) is 12.1 Å². The van der Waals surface area contributed by atoms with Crippen molar-refractivity contribution in [3.8, 4) is 0 Å². The van der Waals surface area contributed by atoms with Gasteiger partial charge in [0.15, 0.2) is 0 Å². The molecule has 0 amide bonds. The van der Waals surface area contributed by atoms with Crippen molar-refractivity contribution >= 4 is 39.1 Å². The first kappa shape index (κ1) is 12.6. The second-order valence-corrected chi connectivity index (χ2v) is 5.12. The van der Waals surface area contributed by atoms with E-state index in [0.717, 1.165) is 5.56 Å². The minimum atomic E-state index is -0.208. The molecular weight excluding hydrogens is 327 g/mol. The average molecular weight is 334 g/mol. The lowest BCUT2D eigenvalue weighted by molar-refractivity contribution is 0.938. The first-order chi connectivity index (χ1) is 8.06. The molecule has 1 heterocycles. The fourth-order valence-electron chi connectivity index (χ4n) is 1.35. The number of rotatable bonds is 2. The van der Waals surface area contributed by atoms with Crippen LogP contribution >= 0.6 is 39.1 Å². The van der Waals surface area contributed by atoms with Gasteiger partial charge in [0.2, 0.25) is 0 Å². The van der Waals surface area contributed by atoms with Gasteiger partial charge < -0.3 is 4.98 Å². The van der Waals surface area contributed by atoms with Crippen LogP contribution in [0.1, 0.15) is 11.4 Å². The maximum atomic E-state index is 11.4. The average Bonchev–Trinajstić information content (AvgIpc) is 2.27. The van der Waals surface area contributed by atoms with Gasteiger partial charge in [-0.25, -0.2) is 4.98 Å². The van der Waals surface area contributed by atoms with E-state index in [2.05, 4.69) is 25.9 Å². The van der Waals surface area contributed by atoms with Crippen molar-refractivity contribution < 1.29 is 0 Å². The highest BCUT2D eigenvalue weighted by molar-refractivity contribution is 9.10. The van der Waals surface area contributed by atoms with Crippen molar-refractivity contribution in [1.29, 1.82) is 0 Å². The Balaban J connectivity index is 2.31. The molecule has 0 saturated heterocycles. The standard InChI is InChI=1S/C11H7BrCl2N2O/c12-8-5-15-10(16-11(8)17)3-6-1-2-7(13)4-9(6)14/h1-2,4-5H,3H2,(H,15,16,17). The van der Waals surface area contributed by atoms with Gasteiger partial charge in [0.1, 0.15) is 10.3 Å². The minimum absolute atomic E-state index is 0.208. The number of halogens is 3. The highest BCUT2D eigenvalue weighted by Gasteiger charge is 2.05. The van der Waals surface area contributed by atoms with Crippen LogP contribution in [-0.4, -0.2) is 9.97 Å². The molecule has 0 unspecified atom stereocenters. The van der Waals surface area contributed by atoms with E-state index >= 15 is 0 Å². The Kier molecular flexibility index (Phi) is 3.86. The van der Waals surface area contributed by atoms with E-state index < -0.39 is 0 Å². The molecule has 3 nitrogen and oxygen atoms in total. The van der Waals surface area contributed by atoms with Gasteiger partial charge >= 0.3 is 0 Å². The van der Waals surface area contributed by atoms with Crippen molar-refractivity contribution in [1.82, 2.24) is 9.97 Å². The molecule has 0 atom stereocenters. The van der Waals surface area contributed by atoms with Crippen LogP contribution in [0.4, 0.5) is 0 Å². The van der Waals surface area contributed by atoms with Gasteiger partial charge in [0.25, 0.3) is 5.56 Å². The molecule has 1 aromatic heterocycles. The molecule has 0 spiro atoms. The number of nitrogens with one attached hydrogen (secondary N) is 1. The third-order valence-electron chi connectivity index (χ3n) is 2.18. The molecule has 1 N–H and O–H groups in total. The quantitative estimate of drug-likeness (QED) is 0.915. The highest BCUT2D eigenvalue weighted by Crippen LogP contribution is 2.22. The molecule has 17 heavy (non-hydrogen) atoms. The zero-order valence-corrected chi connectivity index (χ0v) is 11.6. The van der Waals surface area contributed by atoms with Gasteiger partial charge in [-0.05, 0) is 33.6 Å². The van der Waals surface area contributed by atoms with Gasteiger partial charge in [0, 0.05) is 22.7 Å². The predicted molar refractivity (Wildman–Crippen MR) is 71.8 cm³/mol. The number of aromatic nitrogens is 2. The van der Waals surface area contributed by atoms with E-state index in [-0.39, 0.29) is 5.56 Å². The summed E-state index contributed by atoms with van der Waals surface area (Å²) in [6, 6.07) is 5.22. The van der Waals surface area contributed by atoms with E-state index in [1.807, 2.05) is 6.07 Å². The molecule has 6 heteroatoms. The highest BCUT2D eigenvalue weighted by atomic mass is 79.9. The van der Waals surface area contributed by atoms with Crippen LogP contribution in [0.25, 0.3) is 0 Å². The molecule has 0 aliphatic rings. The zero-order valence-electron chi connectivity index (χ0n) is 8.51. The fraction of sp³-hybridized carbons (Fsp3) is 0.0909. The van der Waals surface area contributed by atoms with Crippen molar-refractivity contribution in [3.63, 3.8) is 0 Å². The predicted octanol–water partition coefficient (Wildman–Crippen LogP) is 3.43. The molecule has 0 aliphatic carbocycles. The lowest BCUT2D eigenvalue weighted by atomic mass is 10.1. The van der Waals surface area contributed by atoms with Gasteiger partial charge in [-0.15, -0.1) is 0 Å². The summed E-state index contributed by atoms with van der Waals surface area (Å²) in [7, 11) is 0. The summed E-state index contributed by atoms with van der Waals surface area (Å²) in [6.45, 7) is 0. The molecule has 88 valence electrons. The number of nitrogens with zero attached hydrogens (tertiary/aromatic N) is 1. The number of H-pyrrole nitrogens is 1. The van der Waals surface area contributed by atoms with E-state index in [1.165, 1.54) is 6.20 Å². The van der Waals surface area contributed by atoms with E-state index in [9.17, 15) is 4.79 Å². The summed E-state index contributed by atoms with van der Waals surface area (Å²) >= 11 is 14.9. The maximum Gasteiger partial charge on any atom is 0.265 e. The smallest absolute Gasteiger partial charge is 0.265 e. The Bertz CT molecular complexity index is 613. The van der Waals surface area contributed by atoms with Crippen LogP contribution in [0.5, 0.6) is 0 Å². The van der Waals surface area contributed by atoms with Gasteiger partial charge in [-0.2, -0.15) is 0 Å². The maximum absolute atomic E-state index is 11.4. The second-order valence-electron chi connectivity index (χ2n) is 3.42. The third-order valence-corrected chi connectivity index (χ3v) is 3.33. The number of hydrogen-bond acceptors (Lipinski definition) is 2. The molecular formula is C11H7BrCl2N2O. The second kappa shape index (κ2) is 5.21. The Morgan fingerprint density at radius 2 is 2.12 bits per heavy atom. The molecule has 0 fully saturated rings. The van der Waals surface area contributed by atoms with Crippen molar-refractivity contribution in [2.75, 3.05) is 0 Å². The Morgan fingerprint density at radius 1 is 1.35 bits per heavy atom. The van der Waals surface area contributed by atoms with Crippen LogP contribution in [0.2, 0.25) is 10.0 Å². The van der Waals surface area contributed by atoms with E-state index in [4.69, 9.17) is 23.2 Å². The summed E-state index contributed by atoms with van der Waals surface area (Å²) in [5.41, 5.74) is 0.654. The molecule has 0 saturated carbocycles. The first-order valence-corrected chi connectivity index (χ1v) is 6.29. The van der Waals surface area contributed by atoms with Crippen LogP contribution < -0.4 is 5.56 Å². The minimum Gasteiger partial charge on any atom is -0.309 e. The number of hydrogen-bond donors (Lipinski definition) is 1. The van der Waals surface area contributed by atoms with Crippen molar-refractivity contribution in [2.24, 2.45) is 0 Å². The molecule has 1 aromatic carbocycles. The molecule has 2 aromatic rings. The largest absolute Gasteiger partial charge is 0.309 e. The van der Waals surface area contributed by atoms with Crippen molar-refractivity contribution in [3.05, 3.63) is 60.7 Å². The molecule has 0 radical (unpaired) electrons. The van der Waals surface area contributed by atoms with Crippen LogP contribution in [0.15, 0.2) is 33.7 Å². The van der Waals surface area contributed by atoms with Crippen molar-refractivity contribution in [2.45, 2.75) is 6.42 Å². The Hall–Kier alpha value is -0.840. The fourth-order valence-corrected chi connectivity index (χ4v) is 2.03. The van der Waals surface area contributed by atoms with Gasteiger partial charge in [-0.3, -0.25) is 4.79 Å². The summed E-state index contributed by atoms with van der Waals surface area (Å²) in [4.78, 5) is 18.1. The lowest BCUT2D eigenvalue weighted by Crippen LogP contribution is -2.11. The molecule has 0 aliphatic heterocycles. The number of benzene rings is 1. The SMILES string of the molecule is O=c1[nH]c(Cc2ccc(Cl)cc2Cl)ncc1Br. The normalized spacial score (nSPS) is 10.5. The van der Waals surface area contributed by atoms with Crippen LogP contribution in [-0.2, 0) is 6.42 Å². The first-order valence-electron chi connectivity index (χ1n) is 4.74. The van der Waals surface area contributed by atoms with Gasteiger partial charge in [-0.1, -0.05) is 29.3 Å². The lowest BCUT2D eigenvalue weighted by Gasteiger charge is -2.04. The Labute approximate surface area is 116 Å².